The van der Waals surface area contributed by atoms with Gasteiger partial charge in [-0.05, 0) is 47.2 Å². The Morgan fingerprint density at radius 3 is 2.93 bits per heavy atom. The fourth-order valence-electron chi connectivity index (χ4n) is 1.05. The van der Waals surface area contributed by atoms with Gasteiger partial charge in [0.1, 0.15) is 0 Å². The number of nitrogens with zero attached hydrogens (tertiary/aromatic N) is 1. The molecule has 4 N–H and O–H groups in total. The number of benzene rings is 1. The van der Waals surface area contributed by atoms with Gasteiger partial charge in [-0.25, -0.2) is 5.84 Å². The van der Waals surface area contributed by atoms with Crippen LogP contribution in [0.5, 0.6) is 0 Å². The van der Waals surface area contributed by atoms with E-state index in [0.29, 0.717) is 5.96 Å². The molecule has 0 unspecified atom stereocenters. The molecule has 0 heterocycles. The van der Waals surface area contributed by atoms with Crippen molar-refractivity contribution in [3.63, 3.8) is 0 Å². The third-order valence-electron chi connectivity index (χ3n) is 1.72. The lowest BCUT2D eigenvalue weighted by Gasteiger charge is -2.08. The monoisotopic (exact) mass is 318 g/mol. The molecule has 5 heteroatoms. The topological polar surface area (TPSA) is 62.4 Å². The molecule has 4 nitrogen and oxygen atoms in total. The highest BCUT2D eigenvalue weighted by molar-refractivity contribution is 14.1. The second-order valence-electron chi connectivity index (χ2n) is 3.01. The summed E-state index contributed by atoms with van der Waals surface area (Å²) < 4.78 is 1.17. The summed E-state index contributed by atoms with van der Waals surface area (Å²) in [6, 6.07) is 8.02. The Morgan fingerprint density at radius 2 is 2.33 bits per heavy atom. The van der Waals surface area contributed by atoms with Crippen molar-refractivity contribution in [2.24, 2.45) is 10.8 Å². The van der Waals surface area contributed by atoms with Crippen LogP contribution in [0.3, 0.4) is 0 Å². The first-order valence-corrected chi connectivity index (χ1v) is 5.87. The average molecular weight is 318 g/mol. The Balaban J connectivity index is 2.66. The predicted molar refractivity (Wildman–Crippen MR) is 72.7 cm³/mol. The Bertz CT molecular complexity index is 338. The van der Waals surface area contributed by atoms with Crippen molar-refractivity contribution >= 4 is 34.2 Å². The molecule has 0 aliphatic heterocycles. The van der Waals surface area contributed by atoms with E-state index in [9.17, 15) is 0 Å². The van der Waals surface area contributed by atoms with Gasteiger partial charge >= 0.3 is 0 Å². The lowest BCUT2D eigenvalue weighted by Crippen LogP contribution is -2.36. The van der Waals surface area contributed by atoms with Gasteiger partial charge in [-0.2, -0.15) is 0 Å². The Hall–Kier alpha value is -0.820. The molecule has 82 valence electrons. The Labute approximate surface area is 103 Å². The SMILES string of the molecule is CCCN=C(NN)Nc1cccc(I)c1. The van der Waals surface area contributed by atoms with E-state index in [2.05, 4.69) is 45.2 Å². The first kappa shape index (κ1) is 12.3. The van der Waals surface area contributed by atoms with E-state index in [-0.39, 0.29) is 0 Å². The van der Waals surface area contributed by atoms with Crippen molar-refractivity contribution in [1.82, 2.24) is 5.43 Å². The van der Waals surface area contributed by atoms with E-state index in [0.717, 1.165) is 18.7 Å². The predicted octanol–water partition coefficient (Wildman–Crippen LogP) is 1.93. The zero-order valence-corrected chi connectivity index (χ0v) is 10.8. The van der Waals surface area contributed by atoms with Crippen molar-refractivity contribution in [3.8, 4) is 0 Å². The number of guanidine groups is 1. The van der Waals surface area contributed by atoms with Crippen LogP contribution in [-0.2, 0) is 0 Å². The molecule has 0 aliphatic rings. The van der Waals surface area contributed by atoms with Gasteiger partial charge in [-0.3, -0.25) is 10.4 Å². The maximum absolute atomic E-state index is 5.35. The molecule has 0 saturated carbocycles. The number of aliphatic imine (C=N–C) groups is 1. The van der Waals surface area contributed by atoms with E-state index in [1.165, 1.54) is 3.57 Å². The number of hydrazine groups is 1. The quantitative estimate of drug-likeness (QED) is 0.262. The van der Waals surface area contributed by atoms with Crippen molar-refractivity contribution in [1.29, 1.82) is 0 Å². The maximum atomic E-state index is 5.35. The molecule has 0 spiro atoms. The first-order chi connectivity index (χ1) is 7.26. The molecule has 0 aliphatic carbocycles. The molecule has 0 radical (unpaired) electrons. The third-order valence-corrected chi connectivity index (χ3v) is 2.39. The minimum Gasteiger partial charge on any atom is -0.325 e. The van der Waals surface area contributed by atoms with Crippen LogP contribution in [-0.4, -0.2) is 12.5 Å². The summed E-state index contributed by atoms with van der Waals surface area (Å²) in [5.41, 5.74) is 3.52. The van der Waals surface area contributed by atoms with Crippen molar-refractivity contribution < 1.29 is 0 Å². The highest BCUT2D eigenvalue weighted by atomic mass is 127. The second-order valence-corrected chi connectivity index (χ2v) is 4.26. The zero-order valence-electron chi connectivity index (χ0n) is 8.63. The maximum Gasteiger partial charge on any atom is 0.210 e. The highest BCUT2D eigenvalue weighted by Crippen LogP contribution is 2.11. The van der Waals surface area contributed by atoms with Gasteiger partial charge in [-0.15, -0.1) is 0 Å². The van der Waals surface area contributed by atoms with Gasteiger partial charge in [0.05, 0.1) is 0 Å². The summed E-state index contributed by atoms with van der Waals surface area (Å²) >= 11 is 2.26. The molecule has 0 saturated heterocycles. The number of rotatable bonds is 3. The van der Waals surface area contributed by atoms with Gasteiger partial charge in [0.15, 0.2) is 0 Å². The van der Waals surface area contributed by atoms with Crippen LogP contribution in [0.4, 0.5) is 5.69 Å². The molecular formula is C10H15IN4. The standard InChI is InChI=1S/C10H15IN4/c1-2-6-13-10(15-12)14-9-5-3-4-8(11)7-9/h3-5,7H,2,6,12H2,1H3,(H2,13,14,15). The van der Waals surface area contributed by atoms with Crippen LogP contribution < -0.4 is 16.6 Å². The van der Waals surface area contributed by atoms with Crippen LogP contribution in [0, 0.1) is 3.57 Å². The number of halogens is 1. The number of anilines is 1. The normalized spacial score (nSPS) is 11.3. The van der Waals surface area contributed by atoms with E-state index in [1.54, 1.807) is 0 Å². The summed E-state index contributed by atoms with van der Waals surface area (Å²) in [6.45, 7) is 2.83. The summed E-state index contributed by atoms with van der Waals surface area (Å²) in [5, 5.41) is 3.11. The fraction of sp³-hybridized carbons (Fsp3) is 0.300. The van der Waals surface area contributed by atoms with Crippen LogP contribution in [0.15, 0.2) is 29.3 Å². The molecule has 0 aromatic heterocycles. The molecule has 1 aromatic carbocycles. The van der Waals surface area contributed by atoms with Gasteiger partial charge in [-0.1, -0.05) is 13.0 Å². The van der Waals surface area contributed by atoms with Gasteiger partial charge in [0.25, 0.3) is 0 Å². The van der Waals surface area contributed by atoms with Crippen LogP contribution >= 0.6 is 22.6 Å². The third kappa shape index (κ3) is 4.48. The summed E-state index contributed by atoms with van der Waals surface area (Å²) in [6.07, 6.45) is 0.999. The van der Waals surface area contributed by atoms with Crippen molar-refractivity contribution in [2.75, 3.05) is 11.9 Å². The van der Waals surface area contributed by atoms with E-state index < -0.39 is 0 Å². The largest absolute Gasteiger partial charge is 0.325 e. The second kappa shape index (κ2) is 6.62. The van der Waals surface area contributed by atoms with Gasteiger partial charge in [0.2, 0.25) is 5.96 Å². The molecule has 0 fully saturated rings. The molecule has 15 heavy (non-hydrogen) atoms. The van der Waals surface area contributed by atoms with E-state index in [4.69, 9.17) is 5.84 Å². The number of nitrogens with two attached hydrogens (primary N) is 1. The molecule has 1 aromatic rings. The van der Waals surface area contributed by atoms with Crippen LogP contribution in [0.2, 0.25) is 0 Å². The summed E-state index contributed by atoms with van der Waals surface area (Å²) in [7, 11) is 0. The number of nitrogens with one attached hydrogen (secondary N) is 2. The van der Waals surface area contributed by atoms with E-state index in [1.807, 2.05) is 24.3 Å². The van der Waals surface area contributed by atoms with Crippen LogP contribution in [0.25, 0.3) is 0 Å². The molecular weight excluding hydrogens is 303 g/mol. The Kier molecular flexibility index (Phi) is 5.41. The smallest absolute Gasteiger partial charge is 0.210 e. The molecule has 0 bridgehead atoms. The van der Waals surface area contributed by atoms with Crippen LogP contribution in [0.1, 0.15) is 13.3 Å². The fourth-order valence-corrected chi connectivity index (χ4v) is 1.59. The van der Waals surface area contributed by atoms with Gasteiger partial charge < -0.3 is 5.32 Å². The van der Waals surface area contributed by atoms with E-state index >= 15 is 0 Å². The number of hydrogen-bond donors (Lipinski definition) is 3. The minimum absolute atomic E-state index is 0.596. The van der Waals surface area contributed by atoms with Crippen molar-refractivity contribution in [3.05, 3.63) is 27.8 Å². The molecule has 0 atom stereocenters. The molecule has 0 amide bonds. The first-order valence-electron chi connectivity index (χ1n) is 4.80. The molecule has 1 rings (SSSR count). The summed E-state index contributed by atoms with van der Waals surface area (Å²) in [5.74, 6) is 5.95. The lowest BCUT2D eigenvalue weighted by atomic mass is 10.3. The zero-order chi connectivity index (χ0) is 11.1. The van der Waals surface area contributed by atoms with Crippen molar-refractivity contribution in [2.45, 2.75) is 13.3 Å². The highest BCUT2D eigenvalue weighted by Gasteiger charge is 1.97. The summed E-state index contributed by atoms with van der Waals surface area (Å²) in [4.78, 5) is 4.25. The van der Waals surface area contributed by atoms with Gasteiger partial charge in [0, 0.05) is 15.8 Å². The Morgan fingerprint density at radius 1 is 1.53 bits per heavy atom. The lowest BCUT2D eigenvalue weighted by molar-refractivity contribution is 0.905. The number of hydrogen-bond acceptors (Lipinski definition) is 2. The average Bonchev–Trinajstić information content (AvgIpc) is 2.24. The minimum atomic E-state index is 0.596.